The number of fused-ring (bicyclic) bond motifs is 2. The standard InChI is InChI=1S/C17H23FN2OS/c1-20(15-10-13-4-5-14(11-15)19-13)17(21)8-9-22-16-6-2-12(18)3-7-16/h2-3,6-7,13-15,19H,4-5,8-11H2,1H3. The number of piperidine rings is 1. The minimum atomic E-state index is -0.222. The topological polar surface area (TPSA) is 32.3 Å². The van der Waals surface area contributed by atoms with Crippen molar-refractivity contribution in [3.63, 3.8) is 0 Å². The van der Waals surface area contributed by atoms with Crippen LogP contribution in [0.15, 0.2) is 29.2 Å². The van der Waals surface area contributed by atoms with Crippen LogP contribution >= 0.6 is 11.8 Å². The summed E-state index contributed by atoms with van der Waals surface area (Å²) in [4.78, 5) is 15.3. The van der Waals surface area contributed by atoms with Crippen LogP contribution in [0.5, 0.6) is 0 Å². The second kappa shape index (κ2) is 7.01. The summed E-state index contributed by atoms with van der Waals surface area (Å²) in [7, 11) is 1.94. The fraction of sp³-hybridized carbons (Fsp3) is 0.588. The zero-order valence-corrected chi connectivity index (χ0v) is 13.7. The predicted octanol–water partition coefficient (Wildman–Crippen LogP) is 3.05. The van der Waals surface area contributed by atoms with Gasteiger partial charge in [-0.2, -0.15) is 0 Å². The number of halogens is 1. The summed E-state index contributed by atoms with van der Waals surface area (Å²) < 4.78 is 12.8. The van der Waals surface area contributed by atoms with Gasteiger partial charge in [-0.05, 0) is 49.9 Å². The van der Waals surface area contributed by atoms with E-state index < -0.39 is 0 Å². The lowest BCUT2D eigenvalue weighted by atomic mass is 9.98. The molecule has 0 saturated carbocycles. The molecule has 2 aliphatic heterocycles. The summed E-state index contributed by atoms with van der Waals surface area (Å²) in [5, 5.41) is 3.61. The zero-order chi connectivity index (χ0) is 15.5. The van der Waals surface area contributed by atoms with E-state index in [0.717, 1.165) is 23.5 Å². The quantitative estimate of drug-likeness (QED) is 0.846. The van der Waals surface area contributed by atoms with Gasteiger partial charge in [0, 0.05) is 42.2 Å². The van der Waals surface area contributed by atoms with Crippen molar-refractivity contribution < 1.29 is 9.18 Å². The number of benzene rings is 1. The molecule has 3 rings (SSSR count). The van der Waals surface area contributed by atoms with Crippen molar-refractivity contribution in [2.45, 2.75) is 55.1 Å². The highest BCUT2D eigenvalue weighted by atomic mass is 32.2. The van der Waals surface area contributed by atoms with Crippen LogP contribution < -0.4 is 5.32 Å². The fourth-order valence-electron chi connectivity index (χ4n) is 3.51. The van der Waals surface area contributed by atoms with Crippen LogP contribution in [-0.2, 0) is 4.79 Å². The highest BCUT2D eigenvalue weighted by molar-refractivity contribution is 7.99. The van der Waals surface area contributed by atoms with Crippen molar-refractivity contribution in [1.29, 1.82) is 0 Å². The Morgan fingerprint density at radius 1 is 1.27 bits per heavy atom. The monoisotopic (exact) mass is 322 g/mol. The first-order chi connectivity index (χ1) is 10.6. The number of carbonyl (C=O) groups is 1. The summed E-state index contributed by atoms with van der Waals surface area (Å²) in [6, 6.07) is 8.04. The molecule has 1 amide bonds. The van der Waals surface area contributed by atoms with Crippen LogP contribution in [-0.4, -0.2) is 41.7 Å². The molecule has 2 heterocycles. The van der Waals surface area contributed by atoms with Crippen molar-refractivity contribution in [2.24, 2.45) is 0 Å². The van der Waals surface area contributed by atoms with Crippen molar-refractivity contribution in [3.8, 4) is 0 Å². The van der Waals surface area contributed by atoms with E-state index in [1.54, 1.807) is 23.9 Å². The normalized spacial score (nSPS) is 26.9. The van der Waals surface area contributed by atoms with Crippen LogP contribution in [0.25, 0.3) is 0 Å². The Morgan fingerprint density at radius 3 is 2.55 bits per heavy atom. The van der Waals surface area contributed by atoms with E-state index in [4.69, 9.17) is 0 Å². The third-order valence-electron chi connectivity index (χ3n) is 4.79. The van der Waals surface area contributed by atoms with Crippen LogP contribution in [0.1, 0.15) is 32.1 Å². The molecule has 2 fully saturated rings. The number of nitrogens with zero attached hydrogens (tertiary/aromatic N) is 1. The van der Waals surface area contributed by atoms with E-state index in [0.29, 0.717) is 24.5 Å². The maximum atomic E-state index is 12.8. The summed E-state index contributed by atoms with van der Waals surface area (Å²) >= 11 is 1.61. The Hall–Kier alpha value is -1.07. The molecule has 0 spiro atoms. The number of thioether (sulfide) groups is 1. The van der Waals surface area contributed by atoms with Crippen LogP contribution in [0, 0.1) is 5.82 Å². The number of hydrogen-bond donors (Lipinski definition) is 1. The number of hydrogen-bond acceptors (Lipinski definition) is 3. The largest absolute Gasteiger partial charge is 0.343 e. The number of nitrogens with one attached hydrogen (secondary N) is 1. The molecular weight excluding hydrogens is 299 g/mol. The first-order valence-corrected chi connectivity index (χ1v) is 9.00. The van der Waals surface area contributed by atoms with E-state index in [1.165, 1.54) is 25.0 Å². The summed E-state index contributed by atoms with van der Waals surface area (Å²) in [6.07, 6.45) is 5.22. The lowest BCUT2D eigenvalue weighted by molar-refractivity contribution is -0.132. The molecule has 3 nitrogen and oxygen atoms in total. The van der Waals surface area contributed by atoms with Gasteiger partial charge in [-0.25, -0.2) is 4.39 Å². The first kappa shape index (κ1) is 15.8. The molecule has 0 aliphatic carbocycles. The molecule has 2 unspecified atom stereocenters. The third-order valence-corrected chi connectivity index (χ3v) is 5.80. The predicted molar refractivity (Wildman–Crippen MR) is 87.5 cm³/mol. The Bertz CT molecular complexity index is 510. The van der Waals surface area contributed by atoms with Gasteiger partial charge in [0.05, 0.1) is 0 Å². The smallest absolute Gasteiger partial charge is 0.223 e. The van der Waals surface area contributed by atoms with Gasteiger partial charge < -0.3 is 10.2 Å². The summed E-state index contributed by atoms with van der Waals surface area (Å²) in [5.41, 5.74) is 0. The minimum absolute atomic E-state index is 0.222. The molecule has 0 radical (unpaired) electrons. The summed E-state index contributed by atoms with van der Waals surface area (Å²) in [5.74, 6) is 0.744. The summed E-state index contributed by atoms with van der Waals surface area (Å²) in [6.45, 7) is 0. The van der Waals surface area contributed by atoms with Crippen LogP contribution in [0.4, 0.5) is 4.39 Å². The van der Waals surface area contributed by atoms with E-state index >= 15 is 0 Å². The van der Waals surface area contributed by atoms with E-state index in [1.807, 2.05) is 11.9 Å². The van der Waals surface area contributed by atoms with Gasteiger partial charge in [-0.15, -0.1) is 11.8 Å². The van der Waals surface area contributed by atoms with Crippen molar-refractivity contribution in [2.75, 3.05) is 12.8 Å². The Kier molecular flexibility index (Phi) is 5.03. The van der Waals surface area contributed by atoms with E-state index in [2.05, 4.69) is 5.32 Å². The van der Waals surface area contributed by atoms with Crippen LogP contribution in [0.3, 0.4) is 0 Å². The maximum absolute atomic E-state index is 12.8. The average Bonchev–Trinajstić information content (AvgIpc) is 2.86. The van der Waals surface area contributed by atoms with Gasteiger partial charge in [0.15, 0.2) is 0 Å². The molecule has 5 heteroatoms. The second-order valence-electron chi connectivity index (χ2n) is 6.32. The molecular formula is C17H23FN2OS. The average molecular weight is 322 g/mol. The van der Waals surface area contributed by atoms with Gasteiger partial charge in [0.25, 0.3) is 0 Å². The molecule has 2 bridgehead atoms. The Morgan fingerprint density at radius 2 is 1.91 bits per heavy atom. The number of rotatable bonds is 5. The molecule has 1 aromatic carbocycles. The Labute approximate surface area is 135 Å². The number of carbonyl (C=O) groups excluding carboxylic acids is 1. The third kappa shape index (κ3) is 3.82. The number of amides is 1. The molecule has 2 aliphatic rings. The van der Waals surface area contributed by atoms with Gasteiger partial charge in [0.1, 0.15) is 5.82 Å². The Balaban J connectivity index is 1.44. The lowest BCUT2D eigenvalue weighted by Gasteiger charge is -2.35. The molecule has 2 atom stereocenters. The molecule has 0 aromatic heterocycles. The molecule has 120 valence electrons. The zero-order valence-electron chi connectivity index (χ0n) is 12.9. The minimum Gasteiger partial charge on any atom is -0.343 e. The highest BCUT2D eigenvalue weighted by Gasteiger charge is 2.36. The molecule has 1 N–H and O–H groups in total. The van der Waals surface area contributed by atoms with Gasteiger partial charge in [-0.3, -0.25) is 4.79 Å². The van der Waals surface area contributed by atoms with Gasteiger partial charge in [0.2, 0.25) is 5.91 Å². The van der Waals surface area contributed by atoms with Crippen molar-refractivity contribution in [1.82, 2.24) is 10.2 Å². The highest BCUT2D eigenvalue weighted by Crippen LogP contribution is 2.29. The maximum Gasteiger partial charge on any atom is 0.223 e. The first-order valence-electron chi connectivity index (χ1n) is 8.02. The van der Waals surface area contributed by atoms with E-state index in [9.17, 15) is 9.18 Å². The molecule has 2 saturated heterocycles. The fourth-order valence-corrected chi connectivity index (χ4v) is 4.35. The van der Waals surface area contributed by atoms with E-state index in [-0.39, 0.29) is 11.7 Å². The molecule has 1 aromatic rings. The lowest BCUT2D eigenvalue weighted by Crippen LogP contribution is -2.48. The van der Waals surface area contributed by atoms with Gasteiger partial charge >= 0.3 is 0 Å². The SMILES string of the molecule is CN(C(=O)CCSc1ccc(F)cc1)C1CC2CCC(C1)N2. The van der Waals surface area contributed by atoms with Crippen molar-refractivity contribution in [3.05, 3.63) is 30.1 Å². The second-order valence-corrected chi connectivity index (χ2v) is 7.49. The van der Waals surface area contributed by atoms with Crippen molar-refractivity contribution >= 4 is 17.7 Å². The molecule has 22 heavy (non-hydrogen) atoms. The van der Waals surface area contributed by atoms with Crippen LogP contribution in [0.2, 0.25) is 0 Å². The van der Waals surface area contributed by atoms with Gasteiger partial charge in [-0.1, -0.05) is 0 Å².